The maximum absolute atomic E-state index is 5.17. The zero-order valence-corrected chi connectivity index (χ0v) is 8.64. The normalized spacial score (nSPS) is 25.6. The fraction of sp³-hybridized carbons (Fsp3) is 1.00. The third-order valence-corrected chi connectivity index (χ3v) is 3.59. The van der Waals surface area contributed by atoms with E-state index in [9.17, 15) is 0 Å². The molecular formula is C11H21NO. The largest absolute Gasteiger partial charge is 0.385 e. The fourth-order valence-electron chi connectivity index (χ4n) is 2.16. The van der Waals surface area contributed by atoms with E-state index in [0.29, 0.717) is 5.41 Å². The molecule has 2 heteroatoms. The number of hydrogen-bond donors (Lipinski definition) is 1. The molecule has 2 aliphatic rings. The lowest BCUT2D eigenvalue weighted by molar-refractivity contribution is 0.0689. The first-order valence-electron chi connectivity index (χ1n) is 5.57. The Hall–Kier alpha value is -0.0800. The van der Waals surface area contributed by atoms with Gasteiger partial charge in [-0.15, -0.1) is 0 Å². The summed E-state index contributed by atoms with van der Waals surface area (Å²) in [4.78, 5) is 0. The molecule has 76 valence electrons. The van der Waals surface area contributed by atoms with Crippen molar-refractivity contribution >= 4 is 0 Å². The van der Waals surface area contributed by atoms with Gasteiger partial charge in [-0.2, -0.15) is 0 Å². The molecule has 0 aliphatic heterocycles. The van der Waals surface area contributed by atoms with Gasteiger partial charge in [-0.3, -0.25) is 0 Å². The minimum absolute atomic E-state index is 0.610. The van der Waals surface area contributed by atoms with Crippen LogP contribution in [0.4, 0.5) is 0 Å². The Labute approximate surface area is 81.0 Å². The molecule has 0 atom stereocenters. The number of ether oxygens (including phenoxy) is 1. The van der Waals surface area contributed by atoms with Crippen molar-refractivity contribution in [3.63, 3.8) is 0 Å². The molecule has 0 saturated heterocycles. The Morgan fingerprint density at radius 2 is 2.15 bits per heavy atom. The van der Waals surface area contributed by atoms with Crippen LogP contribution in [0.1, 0.15) is 38.5 Å². The van der Waals surface area contributed by atoms with Gasteiger partial charge in [-0.1, -0.05) is 6.42 Å². The van der Waals surface area contributed by atoms with Crippen LogP contribution in [0.25, 0.3) is 0 Å². The summed E-state index contributed by atoms with van der Waals surface area (Å²) < 4.78 is 5.17. The number of rotatable bonds is 6. The monoisotopic (exact) mass is 183 g/mol. The molecule has 2 saturated carbocycles. The zero-order valence-electron chi connectivity index (χ0n) is 8.64. The maximum Gasteiger partial charge on any atom is 0.0468 e. The van der Waals surface area contributed by atoms with Crippen molar-refractivity contribution in [3.8, 4) is 0 Å². The molecule has 2 aliphatic carbocycles. The quantitative estimate of drug-likeness (QED) is 0.679. The summed E-state index contributed by atoms with van der Waals surface area (Å²) in [7, 11) is 1.81. The van der Waals surface area contributed by atoms with E-state index < -0.39 is 0 Å². The van der Waals surface area contributed by atoms with E-state index in [1.54, 1.807) is 7.11 Å². The minimum Gasteiger partial charge on any atom is -0.385 e. The van der Waals surface area contributed by atoms with Crippen LogP contribution in [0.2, 0.25) is 0 Å². The van der Waals surface area contributed by atoms with Gasteiger partial charge >= 0.3 is 0 Å². The van der Waals surface area contributed by atoms with Crippen LogP contribution in [0.3, 0.4) is 0 Å². The Morgan fingerprint density at radius 3 is 2.62 bits per heavy atom. The van der Waals surface area contributed by atoms with Gasteiger partial charge in [0.05, 0.1) is 0 Å². The summed E-state index contributed by atoms with van der Waals surface area (Å²) in [5.74, 6) is 0. The molecule has 0 bridgehead atoms. The van der Waals surface area contributed by atoms with Crippen LogP contribution in [-0.2, 0) is 4.74 Å². The molecule has 0 heterocycles. The highest BCUT2D eigenvalue weighted by Gasteiger charge is 2.37. The number of methoxy groups -OCH3 is 1. The van der Waals surface area contributed by atoms with Gasteiger partial charge in [-0.25, -0.2) is 0 Å². The van der Waals surface area contributed by atoms with Crippen molar-refractivity contribution in [1.82, 2.24) is 5.32 Å². The third kappa shape index (κ3) is 2.44. The molecule has 0 aromatic carbocycles. The standard InChI is InChI=1S/C11H21NO/c1-13-8-7-11(5-2-6-11)9-12-10-3-4-10/h10,12H,2-9H2,1H3. The van der Waals surface area contributed by atoms with E-state index >= 15 is 0 Å². The van der Waals surface area contributed by atoms with Crippen molar-refractivity contribution in [1.29, 1.82) is 0 Å². The number of hydrogen-bond acceptors (Lipinski definition) is 2. The Morgan fingerprint density at radius 1 is 1.38 bits per heavy atom. The fourth-order valence-corrected chi connectivity index (χ4v) is 2.16. The van der Waals surface area contributed by atoms with Gasteiger partial charge < -0.3 is 10.1 Å². The van der Waals surface area contributed by atoms with E-state index in [0.717, 1.165) is 12.6 Å². The minimum atomic E-state index is 0.610. The van der Waals surface area contributed by atoms with Crippen molar-refractivity contribution in [2.45, 2.75) is 44.6 Å². The summed E-state index contributed by atoms with van der Waals surface area (Å²) >= 11 is 0. The highest BCUT2D eigenvalue weighted by atomic mass is 16.5. The number of nitrogens with one attached hydrogen (secondary N) is 1. The summed E-state index contributed by atoms with van der Waals surface area (Å²) in [6, 6.07) is 0.861. The predicted molar refractivity (Wildman–Crippen MR) is 53.8 cm³/mol. The van der Waals surface area contributed by atoms with Crippen molar-refractivity contribution in [2.75, 3.05) is 20.3 Å². The topological polar surface area (TPSA) is 21.3 Å². The smallest absolute Gasteiger partial charge is 0.0468 e. The molecule has 0 aromatic heterocycles. The SMILES string of the molecule is COCCC1(CNC2CC2)CCC1. The van der Waals surface area contributed by atoms with Crippen LogP contribution in [0.5, 0.6) is 0 Å². The summed E-state index contributed by atoms with van der Waals surface area (Å²) in [5.41, 5.74) is 0.610. The van der Waals surface area contributed by atoms with Gasteiger partial charge in [-0.05, 0) is 37.5 Å². The van der Waals surface area contributed by atoms with Crippen LogP contribution < -0.4 is 5.32 Å². The zero-order chi connectivity index (χ0) is 9.15. The van der Waals surface area contributed by atoms with Crippen molar-refractivity contribution in [3.05, 3.63) is 0 Å². The van der Waals surface area contributed by atoms with Gasteiger partial charge in [0.1, 0.15) is 0 Å². The van der Waals surface area contributed by atoms with E-state index in [2.05, 4.69) is 5.32 Å². The van der Waals surface area contributed by atoms with Crippen LogP contribution in [-0.4, -0.2) is 26.3 Å². The molecule has 0 unspecified atom stereocenters. The average molecular weight is 183 g/mol. The lowest BCUT2D eigenvalue weighted by Gasteiger charge is -2.42. The van der Waals surface area contributed by atoms with Crippen LogP contribution in [0, 0.1) is 5.41 Å². The van der Waals surface area contributed by atoms with Crippen LogP contribution in [0.15, 0.2) is 0 Å². The van der Waals surface area contributed by atoms with Gasteiger partial charge in [0, 0.05) is 26.3 Å². The highest BCUT2D eigenvalue weighted by molar-refractivity contribution is 4.92. The Kier molecular flexibility index (Phi) is 2.89. The van der Waals surface area contributed by atoms with E-state index in [-0.39, 0.29) is 0 Å². The second-order valence-corrected chi connectivity index (χ2v) is 4.75. The molecule has 13 heavy (non-hydrogen) atoms. The van der Waals surface area contributed by atoms with Crippen LogP contribution >= 0.6 is 0 Å². The first kappa shape index (κ1) is 9.47. The Bertz CT molecular complexity index is 161. The second-order valence-electron chi connectivity index (χ2n) is 4.75. The van der Waals surface area contributed by atoms with Crippen molar-refractivity contribution < 1.29 is 4.74 Å². The molecule has 1 N–H and O–H groups in total. The molecule has 0 amide bonds. The molecule has 2 rings (SSSR count). The van der Waals surface area contributed by atoms with Gasteiger partial charge in [0.2, 0.25) is 0 Å². The molecule has 0 spiro atoms. The molecule has 2 fully saturated rings. The van der Waals surface area contributed by atoms with Gasteiger partial charge in [0.15, 0.2) is 0 Å². The van der Waals surface area contributed by atoms with Crippen molar-refractivity contribution in [2.24, 2.45) is 5.41 Å². The Balaban J connectivity index is 1.69. The molecule has 0 radical (unpaired) electrons. The predicted octanol–water partition coefficient (Wildman–Crippen LogP) is 1.95. The average Bonchev–Trinajstić information content (AvgIpc) is 2.86. The molecule has 2 nitrogen and oxygen atoms in total. The highest BCUT2D eigenvalue weighted by Crippen LogP contribution is 2.43. The lowest BCUT2D eigenvalue weighted by atomic mass is 9.67. The van der Waals surface area contributed by atoms with Gasteiger partial charge in [0.25, 0.3) is 0 Å². The third-order valence-electron chi connectivity index (χ3n) is 3.59. The first-order chi connectivity index (χ1) is 6.35. The molecular weight excluding hydrogens is 162 g/mol. The summed E-state index contributed by atoms with van der Waals surface area (Å²) in [6.07, 6.45) is 8.31. The summed E-state index contributed by atoms with van der Waals surface area (Å²) in [6.45, 7) is 2.17. The maximum atomic E-state index is 5.17. The summed E-state index contributed by atoms with van der Waals surface area (Å²) in [5, 5.41) is 3.65. The lowest BCUT2D eigenvalue weighted by Crippen LogP contribution is -2.41. The van der Waals surface area contributed by atoms with E-state index in [4.69, 9.17) is 4.74 Å². The van der Waals surface area contributed by atoms with E-state index in [1.807, 2.05) is 0 Å². The second kappa shape index (κ2) is 3.97. The van der Waals surface area contributed by atoms with E-state index in [1.165, 1.54) is 45.1 Å². The molecule has 0 aromatic rings. The first-order valence-corrected chi connectivity index (χ1v) is 5.57.